The van der Waals surface area contributed by atoms with Crippen molar-refractivity contribution in [1.82, 2.24) is 16.0 Å². The minimum atomic E-state index is -1.63. The molecule has 0 heterocycles. The van der Waals surface area contributed by atoms with Crippen molar-refractivity contribution in [3.63, 3.8) is 0 Å². The molecule has 0 aliphatic heterocycles. The first-order valence-electron chi connectivity index (χ1n) is 11.6. The molecule has 0 aromatic rings. The van der Waals surface area contributed by atoms with Crippen molar-refractivity contribution < 1.29 is 44.1 Å². The number of carbonyl (C=O) groups is 6. The molecule has 0 aliphatic carbocycles. The molecule has 0 aliphatic rings. The lowest BCUT2D eigenvalue weighted by atomic mass is 9.97. The van der Waals surface area contributed by atoms with E-state index in [1.165, 1.54) is 0 Å². The predicted molar refractivity (Wildman–Crippen MR) is 130 cm³/mol. The molecule has 0 fully saturated rings. The number of rotatable bonds is 18. The maximum atomic E-state index is 12.9. The Morgan fingerprint density at radius 3 is 1.92 bits per heavy atom. The summed E-state index contributed by atoms with van der Waals surface area (Å²) in [5.41, 5.74) is 16.1. The quantitative estimate of drug-likeness (QED) is 0.0495. The lowest BCUT2D eigenvalue weighted by Gasteiger charge is -2.27. The number of aliphatic imine (C=N–C) groups is 1. The molecule has 5 atom stereocenters. The Kier molecular flexibility index (Phi) is 14.9. The summed E-state index contributed by atoms with van der Waals surface area (Å²) in [5, 5.41) is 34.2. The number of carbonyl (C=O) groups excluding carboxylic acids is 3. The molecule has 0 aromatic heterocycles. The van der Waals surface area contributed by atoms with Crippen LogP contribution < -0.4 is 33.2 Å². The summed E-state index contributed by atoms with van der Waals surface area (Å²) in [7, 11) is 0. The molecule has 0 aromatic carbocycles. The summed E-state index contributed by atoms with van der Waals surface area (Å²) in [6.07, 6.45) is -0.899. The van der Waals surface area contributed by atoms with Crippen LogP contribution in [0, 0.1) is 5.92 Å². The molecule has 0 radical (unpaired) electrons. The van der Waals surface area contributed by atoms with E-state index < -0.39 is 78.6 Å². The first kappa shape index (κ1) is 33.0. The summed E-state index contributed by atoms with van der Waals surface area (Å²) < 4.78 is 0. The monoisotopic (exact) mass is 531 g/mol. The topological polar surface area (TPSA) is 290 Å². The van der Waals surface area contributed by atoms with Gasteiger partial charge in [-0.2, -0.15) is 0 Å². The highest BCUT2D eigenvalue weighted by atomic mass is 16.4. The molecular formula is C21H37N7O9. The number of aliphatic carboxylic acids is 3. The van der Waals surface area contributed by atoms with E-state index in [0.717, 1.165) is 0 Å². The SMILES string of the molecule is CCC(C)C(NC(=O)C(CC(=O)O)NC(=O)C(N)CCC(=O)O)C(=O)NC(CCCN=C(N)N)C(=O)O. The number of amides is 3. The molecule has 0 saturated heterocycles. The first-order valence-corrected chi connectivity index (χ1v) is 11.6. The van der Waals surface area contributed by atoms with Crippen molar-refractivity contribution >= 4 is 41.6 Å². The van der Waals surface area contributed by atoms with Crippen LogP contribution in [0.4, 0.5) is 0 Å². The van der Waals surface area contributed by atoms with Crippen LogP contribution >= 0.6 is 0 Å². The number of hydrogen-bond acceptors (Lipinski definition) is 8. The van der Waals surface area contributed by atoms with Crippen molar-refractivity contribution in [1.29, 1.82) is 0 Å². The minimum Gasteiger partial charge on any atom is -0.481 e. The van der Waals surface area contributed by atoms with Gasteiger partial charge in [-0.15, -0.1) is 0 Å². The molecule has 37 heavy (non-hydrogen) atoms. The van der Waals surface area contributed by atoms with Crippen molar-refractivity contribution in [2.75, 3.05) is 6.54 Å². The van der Waals surface area contributed by atoms with Gasteiger partial charge in [-0.3, -0.25) is 29.0 Å². The molecule has 0 saturated carbocycles. The second-order valence-corrected chi connectivity index (χ2v) is 8.42. The van der Waals surface area contributed by atoms with Gasteiger partial charge < -0.3 is 48.5 Å². The smallest absolute Gasteiger partial charge is 0.326 e. The molecule has 16 heteroatoms. The van der Waals surface area contributed by atoms with Crippen molar-refractivity contribution in [3.05, 3.63) is 0 Å². The van der Waals surface area contributed by atoms with E-state index in [1.54, 1.807) is 13.8 Å². The summed E-state index contributed by atoms with van der Waals surface area (Å²) in [6.45, 7) is 3.48. The summed E-state index contributed by atoms with van der Waals surface area (Å²) in [5.74, 6) is -7.40. The molecular weight excluding hydrogens is 494 g/mol. The predicted octanol–water partition coefficient (Wildman–Crippen LogP) is -2.71. The largest absolute Gasteiger partial charge is 0.481 e. The van der Waals surface area contributed by atoms with Gasteiger partial charge in [0.15, 0.2) is 5.96 Å². The van der Waals surface area contributed by atoms with Crippen LogP contribution in [-0.4, -0.2) is 87.6 Å². The second kappa shape index (κ2) is 16.7. The molecule has 16 nitrogen and oxygen atoms in total. The number of nitrogens with two attached hydrogens (primary N) is 3. The lowest BCUT2D eigenvalue weighted by Crippen LogP contribution is -2.59. The maximum Gasteiger partial charge on any atom is 0.326 e. The molecule has 0 rings (SSSR count). The van der Waals surface area contributed by atoms with E-state index in [1.807, 2.05) is 0 Å². The maximum absolute atomic E-state index is 12.9. The Labute approximate surface area is 213 Å². The van der Waals surface area contributed by atoms with Crippen LogP contribution in [0.25, 0.3) is 0 Å². The van der Waals surface area contributed by atoms with Gasteiger partial charge >= 0.3 is 17.9 Å². The Hall–Kier alpha value is -3.95. The second-order valence-electron chi connectivity index (χ2n) is 8.42. The average molecular weight is 532 g/mol. The number of carboxylic acid groups (broad SMARTS) is 3. The number of hydrogen-bond donors (Lipinski definition) is 9. The highest BCUT2D eigenvalue weighted by Gasteiger charge is 2.33. The lowest BCUT2D eigenvalue weighted by molar-refractivity contribution is -0.143. The molecule has 0 spiro atoms. The van der Waals surface area contributed by atoms with E-state index in [9.17, 15) is 33.9 Å². The normalized spacial score (nSPS) is 14.7. The van der Waals surface area contributed by atoms with Gasteiger partial charge in [-0.05, 0) is 25.2 Å². The summed E-state index contributed by atoms with van der Waals surface area (Å²) in [4.78, 5) is 75.4. The van der Waals surface area contributed by atoms with Gasteiger partial charge in [0.2, 0.25) is 17.7 Å². The van der Waals surface area contributed by atoms with Crippen molar-refractivity contribution in [3.8, 4) is 0 Å². The van der Waals surface area contributed by atoms with Gasteiger partial charge in [0, 0.05) is 13.0 Å². The zero-order valence-electron chi connectivity index (χ0n) is 20.8. The van der Waals surface area contributed by atoms with E-state index in [2.05, 4.69) is 20.9 Å². The molecule has 12 N–H and O–H groups in total. The van der Waals surface area contributed by atoms with Crippen LogP contribution in [0.3, 0.4) is 0 Å². The van der Waals surface area contributed by atoms with Crippen LogP contribution in [0.2, 0.25) is 0 Å². The summed E-state index contributed by atoms with van der Waals surface area (Å²) in [6, 6.07) is -5.52. The van der Waals surface area contributed by atoms with E-state index >= 15 is 0 Å². The van der Waals surface area contributed by atoms with Crippen LogP contribution in [0.15, 0.2) is 4.99 Å². The third-order valence-electron chi connectivity index (χ3n) is 5.37. The van der Waals surface area contributed by atoms with Gasteiger partial charge in [0.25, 0.3) is 0 Å². The Morgan fingerprint density at radius 2 is 1.43 bits per heavy atom. The molecule has 210 valence electrons. The van der Waals surface area contributed by atoms with Gasteiger partial charge in [-0.1, -0.05) is 20.3 Å². The van der Waals surface area contributed by atoms with Crippen LogP contribution in [0.1, 0.15) is 52.4 Å². The number of nitrogens with zero attached hydrogens (tertiary/aromatic N) is 1. The molecule has 5 unspecified atom stereocenters. The molecule has 3 amide bonds. The average Bonchev–Trinajstić information content (AvgIpc) is 2.80. The molecule has 0 bridgehead atoms. The fourth-order valence-corrected chi connectivity index (χ4v) is 3.05. The Bertz CT molecular complexity index is 861. The van der Waals surface area contributed by atoms with Gasteiger partial charge in [0.1, 0.15) is 18.1 Å². The standard InChI is InChI=1S/C21H37N7O9/c1-3-10(2)16(19(35)26-12(20(36)37)5-4-8-25-21(23)24)28-18(34)13(9-15(31)32)27-17(33)11(22)6-7-14(29)30/h10-13,16H,3-9,22H2,1-2H3,(H,26,35)(H,27,33)(H,28,34)(H,29,30)(H,31,32)(H,36,37)(H4,23,24,25). The highest BCUT2D eigenvalue weighted by molar-refractivity contribution is 5.95. The van der Waals surface area contributed by atoms with E-state index in [4.69, 9.17) is 27.4 Å². The highest BCUT2D eigenvalue weighted by Crippen LogP contribution is 2.11. The summed E-state index contributed by atoms with van der Waals surface area (Å²) >= 11 is 0. The minimum absolute atomic E-state index is 0.00897. The van der Waals surface area contributed by atoms with E-state index in [0.29, 0.717) is 6.42 Å². The van der Waals surface area contributed by atoms with Gasteiger partial charge in [-0.25, -0.2) is 4.79 Å². The van der Waals surface area contributed by atoms with Crippen LogP contribution in [-0.2, 0) is 28.8 Å². The zero-order chi connectivity index (χ0) is 28.7. The number of carboxylic acids is 3. The van der Waals surface area contributed by atoms with Crippen molar-refractivity contribution in [2.45, 2.75) is 76.5 Å². The fraction of sp³-hybridized carbons (Fsp3) is 0.667. The third-order valence-corrected chi connectivity index (χ3v) is 5.37. The third kappa shape index (κ3) is 13.6. The Balaban J connectivity index is 5.52. The zero-order valence-corrected chi connectivity index (χ0v) is 20.8. The number of guanidine groups is 1. The van der Waals surface area contributed by atoms with E-state index in [-0.39, 0.29) is 31.8 Å². The Morgan fingerprint density at radius 1 is 0.838 bits per heavy atom. The van der Waals surface area contributed by atoms with Crippen LogP contribution in [0.5, 0.6) is 0 Å². The first-order chi connectivity index (χ1) is 17.2. The fourth-order valence-electron chi connectivity index (χ4n) is 3.05. The van der Waals surface area contributed by atoms with Gasteiger partial charge in [0.05, 0.1) is 12.5 Å². The number of nitrogens with one attached hydrogen (secondary N) is 3. The van der Waals surface area contributed by atoms with Crippen molar-refractivity contribution in [2.24, 2.45) is 28.1 Å².